The zero-order valence-corrected chi connectivity index (χ0v) is 34.8. The van der Waals surface area contributed by atoms with Gasteiger partial charge < -0.3 is 39.4 Å². The SMILES string of the molecule is CC/C=C/C/C=C/C/C=C/C/C=C/C/C=C/C/C=C/CCC(=O)OCC(CO[C@H]1O[C@@H](CO)[C@@H](O)C(O)C1O)OC(=O)CC/C=C/C/C=C/CCCCCCCC. The van der Waals surface area contributed by atoms with E-state index in [1.165, 1.54) is 38.5 Å². The molecule has 0 aliphatic carbocycles. The van der Waals surface area contributed by atoms with Crippen molar-refractivity contribution in [2.75, 3.05) is 19.8 Å². The van der Waals surface area contributed by atoms with E-state index < -0.39 is 55.4 Å². The molecule has 1 heterocycles. The molecular weight excluding hydrogens is 725 g/mol. The molecule has 0 bridgehead atoms. The van der Waals surface area contributed by atoms with Crippen LogP contribution in [0.15, 0.2) is 97.2 Å². The number of ether oxygens (including phenoxy) is 4. The van der Waals surface area contributed by atoms with Gasteiger partial charge in [-0.3, -0.25) is 9.59 Å². The van der Waals surface area contributed by atoms with Gasteiger partial charge in [0.15, 0.2) is 12.4 Å². The maximum absolute atomic E-state index is 12.7. The number of allylic oxidation sites excluding steroid dienone is 16. The molecule has 6 atom stereocenters. The summed E-state index contributed by atoms with van der Waals surface area (Å²) < 4.78 is 21.9. The molecule has 0 radical (unpaired) electrons. The van der Waals surface area contributed by atoms with Gasteiger partial charge >= 0.3 is 11.9 Å². The molecule has 3 unspecified atom stereocenters. The fourth-order valence-corrected chi connectivity index (χ4v) is 5.62. The van der Waals surface area contributed by atoms with Gasteiger partial charge in [0.1, 0.15) is 31.0 Å². The van der Waals surface area contributed by atoms with Crippen LogP contribution in [0.25, 0.3) is 0 Å². The van der Waals surface area contributed by atoms with Crippen LogP contribution in [-0.4, -0.2) is 89.0 Å². The highest BCUT2D eigenvalue weighted by Gasteiger charge is 2.44. The molecule has 10 nitrogen and oxygen atoms in total. The number of aliphatic hydroxyl groups excluding tert-OH is 4. The second-order valence-corrected chi connectivity index (χ2v) is 14.1. The third-order valence-corrected chi connectivity index (χ3v) is 8.98. The number of unbranched alkanes of at least 4 members (excludes halogenated alkanes) is 6. The van der Waals surface area contributed by atoms with E-state index in [2.05, 4.69) is 86.8 Å². The molecule has 0 aromatic heterocycles. The molecule has 1 fully saturated rings. The maximum atomic E-state index is 12.7. The molecule has 0 aromatic carbocycles. The Balaban J connectivity index is 2.45. The highest BCUT2D eigenvalue weighted by atomic mass is 16.7. The van der Waals surface area contributed by atoms with Gasteiger partial charge in [-0.1, -0.05) is 143 Å². The molecule has 10 heteroatoms. The van der Waals surface area contributed by atoms with Crippen LogP contribution >= 0.6 is 0 Å². The van der Waals surface area contributed by atoms with E-state index in [-0.39, 0.29) is 26.1 Å². The first-order valence-corrected chi connectivity index (χ1v) is 21.3. The molecule has 0 aromatic rings. The number of hydrogen-bond donors (Lipinski definition) is 4. The normalized spacial score (nSPS) is 21.3. The van der Waals surface area contributed by atoms with Crippen LogP contribution in [0.1, 0.15) is 129 Å². The first-order chi connectivity index (χ1) is 27.8. The number of hydrogen-bond acceptors (Lipinski definition) is 10. The van der Waals surface area contributed by atoms with E-state index >= 15 is 0 Å². The van der Waals surface area contributed by atoms with Gasteiger partial charge in [-0.15, -0.1) is 0 Å². The van der Waals surface area contributed by atoms with Crippen molar-refractivity contribution in [3.8, 4) is 0 Å². The average Bonchev–Trinajstić information content (AvgIpc) is 3.21. The van der Waals surface area contributed by atoms with Gasteiger partial charge in [-0.05, 0) is 70.6 Å². The van der Waals surface area contributed by atoms with Crippen LogP contribution < -0.4 is 0 Å². The molecule has 4 N–H and O–H groups in total. The van der Waals surface area contributed by atoms with Gasteiger partial charge in [0.25, 0.3) is 0 Å². The Morgan fingerprint density at radius 3 is 1.56 bits per heavy atom. The van der Waals surface area contributed by atoms with E-state index in [0.29, 0.717) is 12.8 Å². The Bertz CT molecular complexity index is 1240. The molecule has 0 saturated carbocycles. The number of aliphatic hydroxyl groups is 4. The maximum Gasteiger partial charge on any atom is 0.306 e. The van der Waals surface area contributed by atoms with E-state index in [1.807, 2.05) is 24.3 Å². The standard InChI is InChI=1S/C47H74O10/c1-3-5-7-9-11-13-15-17-18-19-20-21-22-24-25-27-29-31-33-35-42(49)54-38-40(39-55-47-46(53)45(52)44(51)41(37-48)57-47)56-43(50)36-34-32-30-28-26-23-16-14-12-10-8-6-4-2/h5,7,11,13,17-18,20-21,23-26,29-32,40-41,44-48,51-53H,3-4,6,8-10,12,14-16,19,22,27-28,33-39H2,1-2H3/b7-5+,13-11+,18-17+,21-20+,25-24+,26-23+,31-29+,32-30+/t40?,41-,44+,45?,46?,47-/m0/s1. The Morgan fingerprint density at radius 2 is 1.04 bits per heavy atom. The topological polar surface area (TPSA) is 152 Å². The van der Waals surface area contributed by atoms with Crippen molar-refractivity contribution in [2.24, 2.45) is 0 Å². The van der Waals surface area contributed by atoms with Gasteiger partial charge in [-0.2, -0.15) is 0 Å². The van der Waals surface area contributed by atoms with Crippen LogP contribution in [0.5, 0.6) is 0 Å². The fourth-order valence-electron chi connectivity index (χ4n) is 5.62. The lowest BCUT2D eigenvalue weighted by Gasteiger charge is -2.39. The quantitative estimate of drug-likeness (QED) is 0.0288. The molecule has 1 rings (SSSR count). The van der Waals surface area contributed by atoms with Crippen LogP contribution in [0, 0.1) is 0 Å². The molecular formula is C47H74O10. The summed E-state index contributed by atoms with van der Waals surface area (Å²) in [6.07, 6.45) is 41.6. The lowest BCUT2D eigenvalue weighted by Crippen LogP contribution is -2.59. The Labute approximate surface area is 343 Å². The minimum atomic E-state index is -1.62. The predicted octanol–water partition coefficient (Wildman–Crippen LogP) is 8.77. The van der Waals surface area contributed by atoms with Crippen molar-refractivity contribution >= 4 is 11.9 Å². The molecule has 1 aliphatic rings. The Morgan fingerprint density at radius 1 is 0.561 bits per heavy atom. The first-order valence-electron chi connectivity index (χ1n) is 21.3. The number of carbonyl (C=O) groups excluding carboxylic acids is 2. The fraction of sp³-hybridized carbons (Fsp3) is 0.617. The number of carbonyl (C=O) groups is 2. The first kappa shape index (κ1) is 51.6. The van der Waals surface area contributed by atoms with Crippen molar-refractivity contribution in [1.82, 2.24) is 0 Å². The third-order valence-electron chi connectivity index (χ3n) is 8.98. The molecule has 57 heavy (non-hydrogen) atoms. The predicted molar refractivity (Wildman–Crippen MR) is 228 cm³/mol. The number of esters is 2. The second kappa shape index (κ2) is 36.9. The zero-order chi connectivity index (χ0) is 41.6. The van der Waals surface area contributed by atoms with Crippen molar-refractivity contribution in [1.29, 1.82) is 0 Å². The summed E-state index contributed by atoms with van der Waals surface area (Å²) in [5.74, 6) is -0.995. The Hall–Kier alpha value is -3.38. The van der Waals surface area contributed by atoms with Crippen molar-refractivity contribution in [2.45, 2.75) is 166 Å². The average molecular weight is 799 g/mol. The monoisotopic (exact) mass is 799 g/mol. The summed E-state index contributed by atoms with van der Waals surface area (Å²) in [6, 6.07) is 0. The lowest BCUT2D eigenvalue weighted by molar-refractivity contribution is -0.305. The smallest absolute Gasteiger partial charge is 0.306 e. The van der Waals surface area contributed by atoms with Crippen molar-refractivity contribution < 1.29 is 49.0 Å². The summed E-state index contributed by atoms with van der Waals surface area (Å²) >= 11 is 0. The summed E-state index contributed by atoms with van der Waals surface area (Å²) in [4.78, 5) is 25.2. The minimum Gasteiger partial charge on any atom is -0.462 e. The molecule has 1 aliphatic heterocycles. The van der Waals surface area contributed by atoms with Crippen LogP contribution in [0.3, 0.4) is 0 Å². The molecule has 0 spiro atoms. The van der Waals surface area contributed by atoms with Crippen molar-refractivity contribution in [3.05, 3.63) is 97.2 Å². The van der Waals surface area contributed by atoms with Crippen LogP contribution in [0.4, 0.5) is 0 Å². The van der Waals surface area contributed by atoms with Gasteiger partial charge in [0, 0.05) is 12.8 Å². The number of rotatable bonds is 33. The van der Waals surface area contributed by atoms with Crippen molar-refractivity contribution in [3.63, 3.8) is 0 Å². The molecule has 1 saturated heterocycles. The summed E-state index contributed by atoms with van der Waals surface area (Å²) in [5, 5.41) is 40.0. The highest BCUT2D eigenvalue weighted by molar-refractivity contribution is 5.70. The van der Waals surface area contributed by atoms with Crippen LogP contribution in [-0.2, 0) is 28.5 Å². The lowest BCUT2D eigenvalue weighted by atomic mass is 9.99. The van der Waals surface area contributed by atoms with Gasteiger partial charge in [-0.25, -0.2) is 0 Å². The summed E-state index contributed by atoms with van der Waals surface area (Å²) in [7, 11) is 0. The van der Waals surface area contributed by atoms with Crippen LogP contribution in [0.2, 0.25) is 0 Å². The minimum absolute atomic E-state index is 0.102. The van der Waals surface area contributed by atoms with Gasteiger partial charge in [0.05, 0.1) is 13.2 Å². The molecule has 322 valence electrons. The second-order valence-electron chi connectivity index (χ2n) is 14.1. The van der Waals surface area contributed by atoms with E-state index in [1.54, 1.807) is 0 Å². The van der Waals surface area contributed by atoms with E-state index in [4.69, 9.17) is 18.9 Å². The Kier molecular flexibility index (Phi) is 33.5. The summed E-state index contributed by atoms with van der Waals surface area (Å²) in [5.41, 5.74) is 0. The van der Waals surface area contributed by atoms with E-state index in [9.17, 15) is 30.0 Å². The van der Waals surface area contributed by atoms with E-state index in [0.717, 1.165) is 51.4 Å². The molecule has 0 amide bonds. The zero-order valence-electron chi connectivity index (χ0n) is 34.8. The summed E-state index contributed by atoms with van der Waals surface area (Å²) in [6.45, 7) is 3.13. The van der Waals surface area contributed by atoms with Gasteiger partial charge in [0.2, 0.25) is 0 Å². The third kappa shape index (κ3) is 28.6. The highest BCUT2D eigenvalue weighted by Crippen LogP contribution is 2.22. The largest absolute Gasteiger partial charge is 0.462 e.